The van der Waals surface area contributed by atoms with E-state index in [-0.39, 0.29) is 24.2 Å². The summed E-state index contributed by atoms with van der Waals surface area (Å²) < 4.78 is 31.2. The van der Waals surface area contributed by atoms with Crippen LogP contribution in [0.15, 0.2) is 53.1 Å². The van der Waals surface area contributed by atoms with E-state index >= 15 is 0 Å². The molecule has 0 bridgehead atoms. The molecule has 3 aromatic rings. The lowest BCUT2D eigenvalue weighted by Crippen LogP contribution is -2.58. The van der Waals surface area contributed by atoms with Gasteiger partial charge in [0.05, 0.1) is 15.9 Å². The van der Waals surface area contributed by atoms with Crippen molar-refractivity contribution in [3.05, 3.63) is 54.1 Å². The summed E-state index contributed by atoms with van der Waals surface area (Å²) in [6, 6.07) is 14.9. The molecule has 1 aliphatic carbocycles. The Labute approximate surface area is 175 Å². The van der Waals surface area contributed by atoms with Gasteiger partial charge in [-0.05, 0) is 31.0 Å². The molecule has 1 aliphatic heterocycles. The predicted octanol–water partition coefficient (Wildman–Crippen LogP) is 4.07. The van der Waals surface area contributed by atoms with Crippen LogP contribution in [0.2, 0.25) is 0 Å². The lowest BCUT2D eigenvalue weighted by atomic mass is 10.0. The maximum atomic E-state index is 13.0. The van der Waals surface area contributed by atoms with Gasteiger partial charge in [0.1, 0.15) is 5.52 Å². The van der Waals surface area contributed by atoms with E-state index in [1.54, 1.807) is 23.1 Å². The van der Waals surface area contributed by atoms with Gasteiger partial charge < -0.3 is 9.42 Å². The second-order valence-corrected chi connectivity index (χ2v) is 10.8. The summed E-state index contributed by atoms with van der Waals surface area (Å²) in [6.07, 6.45) is 4.62. The summed E-state index contributed by atoms with van der Waals surface area (Å²) in [5.74, 6) is 0.480. The van der Waals surface area contributed by atoms with Crippen LogP contribution in [-0.2, 0) is 9.84 Å². The summed E-state index contributed by atoms with van der Waals surface area (Å²) in [4.78, 5) is 14.6. The molecule has 0 N–H and O–H groups in total. The average Bonchev–Trinajstić information content (AvgIpc) is 3.17. The Morgan fingerprint density at radius 1 is 0.967 bits per heavy atom. The molecule has 5 rings (SSSR count). The first-order chi connectivity index (χ1) is 14.5. The quantitative estimate of drug-likeness (QED) is 0.631. The number of hydrogen-bond acceptors (Lipinski definition) is 5. The molecule has 6 nitrogen and oxygen atoms in total. The number of carbonyl (C=O) groups excluding carboxylic acids is 1. The van der Waals surface area contributed by atoms with Crippen molar-refractivity contribution in [3.8, 4) is 11.3 Å². The van der Waals surface area contributed by atoms with Gasteiger partial charge in [-0.2, -0.15) is 0 Å². The van der Waals surface area contributed by atoms with Gasteiger partial charge in [0.2, 0.25) is 0 Å². The Morgan fingerprint density at radius 3 is 2.43 bits per heavy atom. The highest BCUT2D eigenvalue weighted by Crippen LogP contribution is 2.32. The van der Waals surface area contributed by atoms with Crippen LogP contribution in [0, 0.1) is 0 Å². The molecule has 1 saturated carbocycles. The number of sulfone groups is 1. The van der Waals surface area contributed by atoms with E-state index in [0.29, 0.717) is 16.8 Å². The Bertz CT molecular complexity index is 1170. The van der Waals surface area contributed by atoms with Gasteiger partial charge in [0.15, 0.2) is 15.6 Å². The first kappa shape index (κ1) is 19.3. The van der Waals surface area contributed by atoms with Crippen molar-refractivity contribution in [1.29, 1.82) is 0 Å². The van der Waals surface area contributed by atoms with Crippen LogP contribution in [0.4, 0.5) is 0 Å². The monoisotopic (exact) mass is 424 g/mol. The van der Waals surface area contributed by atoms with Gasteiger partial charge in [-0.25, -0.2) is 8.42 Å². The van der Waals surface area contributed by atoms with E-state index in [2.05, 4.69) is 5.16 Å². The van der Waals surface area contributed by atoms with E-state index in [0.717, 1.165) is 43.1 Å². The molecular formula is C23H24N2O4S. The topological polar surface area (TPSA) is 80.5 Å². The minimum Gasteiger partial charge on any atom is -0.355 e. The number of likely N-dealkylation sites (tertiary alicyclic amines) is 1. The maximum absolute atomic E-state index is 13.0. The van der Waals surface area contributed by atoms with Gasteiger partial charge >= 0.3 is 0 Å². The number of nitrogens with zero attached hydrogens (tertiary/aromatic N) is 2. The highest BCUT2D eigenvalue weighted by atomic mass is 32.2. The van der Waals surface area contributed by atoms with Crippen LogP contribution in [0.25, 0.3) is 22.2 Å². The number of benzene rings is 2. The number of amides is 1. The molecule has 1 amide bonds. The van der Waals surface area contributed by atoms with E-state index in [1.807, 2.05) is 30.3 Å². The number of aromatic nitrogens is 1. The Balaban J connectivity index is 1.34. The minimum absolute atomic E-state index is 0.146. The molecule has 0 atom stereocenters. The molecular weight excluding hydrogens is 400 g/mol. The molecule has 2 aromatic carbocycles. The average molecular weight is 425 g/mol. The first-order valence-electron chi connectivity index (χ1n) is 10.5. The van der Waals surface area contributed by atoms with Crippen molar-refractivity contribution in [1.82, 2.24) is 10.1 Å². The third-order valence-corrected chi connectivity index (χ3v) is 9.00. The normalized spacial score (nSPS) is 18.5. The molecule has 1 aromatic heterocycles. The van der Waals surface area contributed by atoms with Crippen molar-refractivity contribution < 1.29 is 17.7 Å². The molecule has 0 spiro atoms. The molecule has 0 unspecified atom stereocenters. The Hall–Kier alpha value is -2.67. The summed E-state index contributed by atoms with van der Waals surface area (Å²) in [5, 5.41) is 4.21. The van der Waals surface area contributed by atoms with E-state index in [4.69, 9.17) is 4.52 Å². The van der Waals surface area contributed by atoms with Crippen LogP contribution >= 0.6 is 0 Å². The molecule has 2 heterocycles. The zero-order valence-electron chi connectivity index (χ0n) is 16.7. The Morgan fingerprint density at radius 2 is 1.70 bits per heavy atom. The first-order valence-corrected chi connectivity index (χ1v) is 12.1. The van der Waals surface area contributed by atoms with E-state index in [1.165, 1.54) is 0 Å². The lowest BCUT2D eigenvalue weighted by molar-refractivity contribution is 0.0658. The van der Waals surface area contributed by atoms with Crippen molar-refractivity contribution in [2.45, 2.75) is 42.6 Å². The molecule has 156 valence electrons. The molecule has 7 heteroatoms. The summed E-state index contributed by atoms with van der Waals surface area (Å²) in [5.41, 5.74) is 2.11. The van der Waals surface area contributed by atoms with Crippen LogP contribution in [0.1, 0.15) is 42.5 Å². The zero-order valence-corrected chi connectivity index (χ0v) is 17.5. The molecule has 2 fully saturated rings. The number of hydrogen-bond donors (Lipinski definition) is 0. The molecule has 2 aliphatic rings. The number of fused-ring (bicyclic) bond motifs is 1. The van der Waals surface area contributed by atoms with E-state index in [9.17, 15) is 13.2 Å². The second kappa shape index (κ2) is 7.54. The predicted molar refractivity (Wildman–Crippen MR) is 115 cm³/mol. The largest absolute Gasteiger partial charge is 0.355 e. The smallest absolute Gasteiger partial charge is 0.253 e. The van der Waals surface area contributed by atoms with Crippen LogP contribution < -0.4 is 0 Å². The second-order valence-electron chi connectivity index (χ2n) is 8.29. The van der Waals surface area contributed by atoms with Gasteiger partial charge in [-0.1, -0.05) is 54.8 Å². The van der Waals surface area contributed by atoms with Gasteiger partial charge in [-0.3, -0.25) is 4.79 Å². The molecule has 0 radical (unpaired) electrons. The number of carbonyl (C=O) groups is 1. The molecule has 1 saturated heterocycles. The lowest BCUT2D eigenvalue weighted by Gasteiger charge is -2.40. The standard InChI is InChI=1S/C23H24N2O4S/c26-23(25-14-19(15-25)30(27,28)18-9-5-2-6-10-18)17-11-12-21-20(13-17)22(29-24-21)16-7-3-1-4-8-16/h1,3-4,7-8,11-13,18-19H,2,5-6,9-10,14-15H2. The van der Waals surface area contributed by atoms with Gasteiger partial charge in [0.25, 0.3) is 5.91 Å². The van der Waals surface area contributed by atoms with Crippen molar-refractivity contribution in [2.24, 2.45) is 0 Å². The third-order valence-electron chi connectivity index (χ3n) is 6.38. The highest BCUT2D eigenvalue weighted by Gasteiger charge is 2.43. The summed E-state index contributed by atoms with van der Waals surface area (Å²) in [7, 11) is -3.16. The SMILES string of the molecule is O=C(c1ccc2noc(-c3ccccc3)c2c1)N1CC(S(=O)(=O)C2CCCCC2)C1. The molecule has 30 heavy (non-hydrogen) atoms. The number of rotatable bonds is 4. The zero-order chi connectivity index (χ0) is 20.7. The summed E-state index contributed by atoms with van der Waals surface area (Å²) >= 11 is 0. The van der Waals surface area contributed by atoms with Crippen molar-refractivity contribution in [2.75, 3.05) is 13.1 Å². The van der Waals surface area contributed by atoms with Crippen molar-refractivity contribution >= 4 is 26.6 Å². The van der Waals surface area contributed by atoms with Crippen molar-refractivity contribution in [3.63, 3.8) is 0 Å². The highest BCUT2D eigenvalue weighted by molar-refractivity contribution is 7.92. The Kier molecular flexibility index (Phi) is 4.85. The van der Waals surface area contributed by atoms with Gasteiger partial charge in [0, 0.05) is 24.2 Å². The summed E-state index contributed by atoms with van der Waals surface area (Å²) in [6.45, 7) is 0.565. The van der Waals surface area contributed by atoms with E-state index < -0.39 is 15.1 Å². The fraction of sp³-hybridized carbons (Fsp3) is 0.391. The van der Waals surface area contributed by atoms with Crippen LogP contribution in [-0.4, -0.2) is 48.0 Å². The van der Waals surface area contributed by atoms with Gasteiger partial charge in [-0.15, -0.1) is 0 Å². The fourth-order valence-electron chi connectivity index (χ4n) is 4.53. The van der Waals surface area contributed by atoms with Crippen LogP contribution in [0.5, 0.6) is 0 Å². The fourth-order valence-corrected chi connectivity index (χ4v) is 6.84. The minimum atomic E-state index is -3.16. The van der Waals surface area contributed by atoms with Crippen LogP contribution in [0.3, 0.4) is 0 Å². The maximum Gasteiger partial charge on any atom is 0.253 e. The third kappa shape index (κ3) is 3.31.